The maximum atomic E-state index is 5.95. The summed E-state index contributed by atoms with van der Waals surface area (Å²) >= 11 is 0. The van der Waals surface area contributed by atoms with Gasteiger partial charge in [-0.3, -0.25) is 0 Å². The van der Waals surface area contributed by atoms with Gasteiger partial charge < -0.3 is 9.47 Å². The van der Waals surface area contributed by atoms with Gasteiger partial charge in [-0.2, -0.15) is 0 Å². The number of aliphatic imine (C=N–C) groups is 4. The van der Waals surface area contributed by atoms with Gasteiger partial charge in [0.05, 0.1) is 65.4 Å². The number of hydrogen-bond donors (Lipinski definition) is 0. The van der Waals surface area contributed by atoms with Gasteiger partial charge >= 0.3 is 0 Å². The molecule has 0 spiro atoms. The Hall–Kier alpha value is -6.92. The van der Waals surface area contributed by atoms with Crippen molar-refractivity contribution in [1.29, 1.82) is 0 Å². The van der Waals surface area contributed by atoms with Gasteiger partial charge in [0.2, 0.25) is 0 Å². The molecule has 0 atom stereocenters. The molecule has 0 saturated heterocycles. The third kappa shape index (κ3) is 5.38. The van der Waals surface area contributed by atoms with Crippen molar-refractivity contribution in [3.8, 4) is 11.5 Å². The minimum Gasteiger partial charge on any atom is -0.496 e. The topological polar surface area (TPSA) is 67.9 Å². The first-order chi connectivity index (χ1) is 25.7. The van der Waals surface area contributed by atoms with Crippen LogP contribution in [0, 0.1) is 0 Å². The van der Waals surface area contributed by atoms with Crippen LogP contribution in [-0.4, -0.2) is 37.1 Å². The first kappa shape index (κ1) is 31.1. The zero-order chi connectivity index (χ0) is 35.0. The lowest BCUT2D eigenvalue weighted by Crippen LogP contribution is -2.05. The monoisotopic (exact) mass is 672 g/mol. The Balaban J connectivity index is 1.39. The molecule has 0 unspecified atom stereocenters. The molecular formula is C46H32N4O2. The van der Waals surface area contributed by atoms with Crippen molar-refractivity contribution in [3.63, 3.8) is 0 Å². The summed E-state index contributed by atoms with van der Waals surface area (Å²) in [6.45, 7) is 0. The van der Waals surface area contributed by atoms with E-state index in [0.717, 1.165) is 90.2 Å². The van der Waals surface area contributed by atoms with Crippen molar-refractivity contribution in [2.45, 2.75) is 0 Å². The van der Waals surface area contributed by atoms with E-state index in [1.807, 2.05) is 84.9 Å². The summed E-state index contributed by atoms with van der Waals surface area (Å²) in [5, 5.41) is 0. The summed E-state index contributed by atoms with van der Waals surface area (Å²) < 4.78 is 11.9. The fourth-order valence-electron chi connectivity index (χ4n) is 7.14. The molecule has 0 radical (unpaired) electrons. The second-order valence-corrected chi connectivity index (χ2v) is 12.5. The molecular weight excluding hydrogens is 641 g/mol. The standard InChI is InChI=1S/C46H32N4O2/c1-51-40-19-12-20-41(52-2)46(40)45-38-27-25-36(49-38)43(30-15-8-4-9-16-30)34-23-21-32(47-34)42(29-13-6-3-7-14-29)33-22-24-35(48-33)44(31-17-10-5-11-18-31)37-26-28-39(45)50-37/h3-28H,1-2H3. The van der Waals surface area contributed by atoms with E-state index >= 15 is 0 Å². The molecule has 6 nitrogen and oxygen atoms in total. The number of rotatable bonds is 6. The van der Waals surface area contributed by atoms with Crippen molar-refractivity contribution in [2.75, 3.05) is 14.2 Å². The summed E-state index contributed by atoms with van der Waals surface area (Å²) in [5.74, 6) is 1.32. The molecule has 4 aromatic carbocycles. The summed E-state index contributed by atoms with van der Waals surface area (Å²) in [6, 6.07) is 36.7. The zero-order valence-electron chi connectivity index (χ0n) is 28.6. The highest BCUT2D eigenvalue weighted by Gasteiger charge is 2.29. The molecule has 248 valence electrons. The van der Waals surface area contributed by atoms with Gasteiger partial charge in [0.1, 0.15) is 11.5 Å². The Labute approximate surface area is 302 Å². The molecule has 9 rings (SSSR count). The minimum atomic E-state index is 0.658. The van der Waals surface area contributed by atoms with Crippen molar-refractivity contribution in [2.24, 2.45) is 20.0 Å². The molecule has 6 heteroatoms. The van der Waals surface area contributed by atoms with Crippen LogP contribution in [0.15, 0.2) is 201 Å². The highest BCUT2D eigenvalue weighted by Crippen LogP contribution is 2.42. The van der Waals surface area contributed by atoms with E-state index in [2.05, 4.69) is 72.9 Å². The average Bonchev–Trinajstić information content (AvgIpc) is 4.04. The highest BCUT2D eigenvalue weighted by atomic mass is 16.5. The van der Waals surface area contributed by atoms with Crippen LogP contribution in [0.5, 0.6) is 11.5 Å². The number of fused-ring (bicyclic) bond motifs is 4. The summed E-state index contributed by atoms with van der Waals surface area (Å²) in [5.41, 5.74) is 13.8. The van der Waals surface area contributed by atoms with E-state index in [1.54, 1.807) is 14.2 Å². The lowest BCUT2D eigenvalue weighted by atomic mass is 9.96. The molecule has 0 N–H and O–H groups in total. The molecule has 0 saturated carbocycles. The molecule has 0 fully saturated rings. The van der Waals surface area contributed by atoms with Crippen LogP contribution in [0.3, 0.4) is 0 Å². The molecule has 0 aliphatic carbocycles. The Bertz CT molecular complexity index is 2480. The van der Waals surface area contributed by atoms with Crippen LogP contribution >= 0.6 is 0 Å². The Morgan fingerprint density at radius 2 is 0.635 bits per heavy atom. The number of hydrogen-bond acceptors (Lipinski definition) is 6. The van der Waals surface area contributed by atoms with E-state index < -0.39 is 0 Å². The lowest BCUT2D eigenvalue weighted by Gasteiger charge is -2.17. The molecule has 0 aromatic heterocycles. The molecule has 5 heterocycles. The van der Waals surface area contributed by atoms with Gasteiger partial charge in [0.25, 0.3) is 0 Å². The molecule has 8 bridgehead atoms. The van der Waals surface area contributed by atoms with E-state index in [4.69, 9.17) is 29.4 Å². The average molecular weight is 673 g/mol. The lowest BCUT2D eigenvalue weighted by molar-refractivity contribution is 0.392. The third-order valence-electron chi connectivity index (χ3n) is 9.47. The molecule has 5 aliphatic heterocycles. The largest absolute Gasteiger partial charge is 0.496 e. The van der Waals surface area contributed by atoms with Crippen LogP contribution < -0.4 is 9.47 Å². The summed E-state index contributed by atoms with van der Waals surface area (Å²) in [4.78, 5) is 21.3. The normalized spacial score (nSPS) is 17.3. The highest BCUT2D eigenvalue weighted by molar-refractivity contribution is 6.40. The number of nitrogens with zero attached hydrogens (tertiary/aromatic N) is 4. The van der Waals surface area contributed by atoms with E-state index in [0.29, 0.717) is 11.5 Å². The van der Waals surface area contributed by atoms with Crippen LogP contribution in [-0.2, 0) is 0 Å². The predicted molar refractivity (Wildman–Crippen MR) is 213 cm³/mol. The van der Waals surface area contributed by atoms with Crippen molar-refractivity contribution in [3.05, 3.63) is 203 Å². The van der Waals surface area contributed by atoms with Crippen molar-refractivity contribution >= 4 is 45.1 Å². The molecule has 0 amide bonds. The molecule has 5 aliphatic rings. The fraction of sp³-hybridized carbons (Fsp3) is 0.0435. The van der Waals surface area contributed by atoms with E-state index in [9.17, 15) is 0 Å². The number of allylic oxidation sites excluding steroid dienone is 12. The predicted octanol–water partition coefficient (Wildman–Crippen LogP) is 9.71. The molecule has 4 aromatic rings. The van der Waals surface area contributed by atoms with E-state index in [1.165, 1.54) is 0 Å². The molecule has 52 heavy (non-hydrogen) atoms. The SMILES string of the molecule is COc1cccc(OC)c1C1=C2C=CC(=N2)C(c2ccccc2)=C2C=CC(=N2)C(c2ccccc2)=C2C=CC(=N2)C(c2ccccc2)=C2C=CC1=N2. The van der Waals surface area contributed by atoms with Crippen LogP contribution in [0.1, 0.15) is 22.3 Å². The number of methoxy groups -OCH3 is 2. The third-order valence-corrected chi connectivity index (χ3v) is 9.47. The second-order valence-electron chi connectivity index (χ2n) is 12.5. The quantitative estimate of drug-likeness (QED) is 0.205. The van der Waals surface area contributed by atoms with Crippen LogP contribution in [0.4, 0.5) is 0 Å². The van der Waals surface area contributed by atoms with Gasteiger partial charge in [-0.05, 0) is 77.4 Å². The smallest absolute Gasteiger partial charge is 0.130 e. The Kier molecular flexibility index (Phi) is 7.82. The zero-order valence-corrected chi connectivity index (χ0v) is 28.6. The maximum absolute atomic E-state index is 5.95. The van der Waals surface area contributed by atoms with Crippen LogP contribution in [0.2, 0.25) is 0 Å². The first-order valence-electron chi connectivity index (χ1n) is 17.1. The van der Waals surface area contributed by atoms with Gasteiger partial charge in [0.15, 0.2) is 0 Å². The van der Waals surface area contributed by atoms with Gasteiger partial charge in [-0.1, -0.05) is 97.1 Å². The summed E-state index contributed by atoms with van der Waals surface area (Å²) in [7, 11) is 3.34. The van der Waals surface area contributed by atoms with E-state index in [-0.39, 0.29) is 0 Å². The Morgan fingerprint density at radius 3 is 0.962 bits per heavy atom. The van der Waals surface area contributed by atoms with Gasteiger partial charge in [-0.15, -0.1) is 0 Å². The van der Waals surface area contributed by atoms with Crippen molar-refractivity contribution in [1.82, 2.24) is 0 Å². The summed E-state index contributed by atoms with van der Waals surface area (Å²) in [6.07, 6.45) is 16.5. The van der Waals surface area contributed by atoms with Crippen molar-refractivity contribution < 1.29 is 9.47 Å². The van der Waals surface area contributed by atoms with Crippen LogP contribution in [0.25, 0.3) is 22.3 Å². The van der Waals surface area contributed by atoms with Gasteiger partial charge in [0, 0.05) is 22.3 Å². The fourth-order valence-corrected chi connectivity index (χ4v) is 7.14. The number of benzene rings is 4. The first-order valence-corrected chi connectivity index (χ1v) is 17.1. The second kappa shape index (κ2) is 13.1. The number of ether oxygens (including phenoxy) is 2. The minimum absolute atomic E-state index is 0.658. The maximum Gasteiger partial charge on any atom is 0.130 e. The Morgan fingerprint density at radius 1 is 0.327 bits per heavy atom. The van der Waals surface area contributed by atoms with Gasteiger partial charge in [-0.25, -0.2) is 20.0 Å².